The lowest BCUT2D eigenvalue weighted by Crippen LogP contribution is -2.45. The lowest BCUT2D eigenvalue weighted by Gasteiger charge is -2.21. The number of carbonyl (C=O) groups excluding carboxylic acids is 2. The molecule has 4 aromatic carbocycles. The van der Waals surface area contributed by atoms with Gasteiger partial charge >= 0.3 is 5.97 Å². The topological polar surface area (TPSA) is 104 Å². The van der Waals surface area contributed by atoms with Crippen molar-refractivity contribution in [2.45, 2.75) is 38.6 Å². The zero-order valence-electron chi connectivity index (χ0n) is 21.3. The zero-order chi connectivity index (χ0) is 27.1. The molecule has 6 nitrogen and oxygen atoms in total. The number of hydrogen-bond acceptors (Lipinski definition) is 4. The lowest BCUT2D eigenvalue weighted by atomic mass is 9.90. The monoisotopic (exact) mass is 509 g/mol. The van der Waals surface area contributed by atoms with Crippen molar-refractivity contribution in [1.82, 2.24) is 5.32 Å². The molecule has 0 aliphatic rings. The van der Waals surface area contributed by atoms with Crippen LogP contribution in [-0.4, -0.2) is 33.9 Å². The summed E-state index contributed by atoms with van der Waals surface area (Å²) < 4.78 is 0. The van der Waals surface area contributed by atoms with Crippen LogP contribution in [-0.2, 0) is 33.6 Å². The van der Waals surface area contributed by atoms with Gasteiger partial charge in [0.2, 0.25) is 5.91 Å². The molecule has 0 saturated heterocycles. The van der Waals surface area contributed by atoms with Crippen LogP contribution in [0.1, 0.15) is 28.7 Å². The lowest BCUT2D eigenvalue weighted by molar-refractivity contribution is -0.142. The van der Waals surface area contributed by atoms with Crippen molar-refractivity contribution in [3.8, 4) is 5.75 Å². The molecule has 194 valence electrons. The van der Waals surface area contributed by atoms with E-state index in [0.717, 1.165) is 33.0 Å². The Hall–Kier alpha value is -4.45. The van der Waals surface area contributed by atoms with Crippen molar-refractivity contribution in [2.24, 2.45) is 5.92 Å². The van der Waals surface area contributed by atoms with Crippen molar-refractivity contribution in [3.63, 3.8) is 0 Å². The smallest absolute Gasteiger partial charge is 0.326 e. The number of carboxylic acid groups (broad SMARTS) is 1. The van der Waals surface area contributed by atoms with E-state index in [4.69, 9.17) is 0 Å². The average Bonchev–Trinajstić information content (AvgIpc) is 2.90. The number of phenolic OH excluding ortho intramolecular Hbond substituents is 1. The van der Waals surface area contributed by atoms with E-state index in [1.807, 2.05) is 73.7 Å². The Bertz CT molecular complexity index is 1430. The van der Waals surface area contributed by atoms with E-state index in [0.29, 0.717) is 0 Å². The van der Waals surface area contributed by atoms with E-state index < -0.39 is 23.8 Å². The number of aromatic hydroxyl groups is 1. The number of nitrogens with one attached hydrogen (secondary N) is 1. The van der Waals surface area contributed by atoms with Gasteiger partial charge in [-0.3, -0.25) is 9.59 Å². The molecule has 0 aromatic heterocycles. The molecule has 0 unspecified atom stereocenters. The number of aliphatic carboxylic acids is 1. The van der Waals surface area contributed by atoms with E-state index in [-0.39, 0.29) is 37.2 Å². The summed E-state index contributed by atoms with van der Waals surface area (Å²) in [6.45, 7) is 1.95. The van der Waals surface area contributed by atoms with E-state index in [9.17, 15) is 24.6 Å². The Balaban J connectivity index is 1.49. The predicted octanol–water partition coefficient (Wildman–Crippen LogP) is 5.03. The normalized spacial score (nSPS) is 12.6. The molecule has 6 heteroatoms. The molecular formula is C32H31NO5. The predicted molar refractivity (Wildman–Crippen MR) is 147 cm³/mol. The number of fused-ring (bicyclic) bond motifs is 1. The van der Waals surface area contributed by atoms with Gasteiger partial charge in [0.05, 0.1) is 0 Å². The number of carbonyl (C=O) groups is 3. The largest absolute Gasteiger partial charge is 0.508 e. The molecular weight excluding hydrogens is 478 g/mol. The summed E-state index contributed by atoms with van der Waals surface area (Å²) in [6, 6.07) is 26.6. The van der Waals surface area contributed by atoms with Crippen LogP contribution in [0.15, 0.2) is 91.0 Å². The number of amides is 1. The van der Waals surface area contributed by atoms with E-state index in [2.05, 4.69) is 5.32 Å². The molecule has 0 saturated carbocycles. The van der Waals surface area contributed by atoms with Crippen molar-refractivity contribution >= 4 is 28.4 Å². The van der Waals surface area contributed by atoms with Crippen molar-refractivity contribution < 1.29 is 24.6 Å². The zero-order valence-corrected chi connectivity index (χ0v) is 21.3. The van der Waals surface area contributed by atoms with Gasteiger partial charge in [0, 0.05) is 25.2 Å². The number of Topliss-reactive ketones (excluding diaryl/α,β-unsaturated/α-hetero) is 1. The number of hydrogen-bond donors (Lipinski definition) is 3. The first-order valence-electron chi connectivity index (χ1n) is 12.6. The van der Waals surface area contributed by atoms with Gasteiger partial charge in [-0.2, -0.15) is 0 Å². The van der Waals surface area contributed by atoms with Crippen molar-refractivity contribution in [2.75, 3.05) is 0 Å². The van der Waals surface area contributed by atoms with Crippen LogP contribution in [0, 0.1) is 12.8 Å². The van der Waals surface area contributed by atoms with Gasteiger partial charge in [0.1, 0.15) is 17.6 Å². The summed E-state index contributed by atoms with van der Waals surface area (Å²) in [7, 11) is 0. The minimum absolute atomic E-state index is 0.0313. The second-order valence-electron chi connectivity index (χ2n) is 9.76. The number of phenols is 1. The Morgan fingerprint density at radius 3 is 2.05 bits per heavy atom. The van der Waals surface area contributed by atoms with Gasteiger partial charge in [-0.15, -0.1) is 0 Å². The van der Waals surface area contributed by atoms with E-state index >= 15 is 0 Å². The summed E-state index contributed by atoms with van der Waals surface area (Å²) in [4.78, 5) is 38.5. The van der Waals surface area contributed by atoms with Crippen molar-refractivity contribution in [3.05, 3.63) is 113 Å². The van der Waals surface area contributed by atoms with Gasteiger partial charge in [-0.05, 0) is 52.9 Å². The highest BCUT2D eigenvalue weighted by atomic mass is 16.4. The van der Waals surface area contributed by atoms with Crippen LogP contribution >= 0.6 is 0 Å². The van der Waals surface area contributed by atoms with Crippen LogP contribution in [0.5, 0.6) is 5.75 Å². The Labute approximate surface area is 221 Å². The molecule has 2 atom stereocenters. The molecule has 0 aliphatic carbocycles. The van der Waals surface area contributed by atoms with Crippen LogP contribution in [0.25, 0.3) is 10.8 Å². The average molecular weight is 510 g/mol. The second kappa shape index (κ2) is 12.2. The van der Waals surface area contributed by atoms with Gasteiger partial charge in [0.25, 0.3) is 0 Å². The minimum Gasteiger partial charge on any atom is -0.508 e. The molecule has 4 aromatic rings. The van der Waals surface area contributed by atoms with Crippen LogP contribution in [0.2, 0.25) is 0 Å². The highest BCUT2D eigenvalue weighted by Gasteiger charge is 2.27. The molecule has 4 rings (SSSR count). The molecule has 0 fully saturated rings. The molecule has 0 radical (unpaired) electrons. The fourth-order valence-electron chi connectivity index (χ4n) is 4.55. The summed E-state index contributed by atoms with van der Waals surface area (Å²) in [6.07, 6.45) is 0.525. The quantitative estimate of drug-likeness (QED) is 0.263. The molecule has 1 amide bonds. The Morgan fingerprint density at radius 1 is 0.763 bits per heavy atom. The van der Waals surface area contributed by atoms with Crippen LogP contribution in [0.3, 0.4) is 0 Å². The Morgan fingerprint density at radius 2 is 1.37 bits per heavy atom. The third-order valence-electron chi connectivity index (χ3n) is 6.65. The number of carboxylic acids is 1. The van der Waals surface area contributed by atoms with Gasteiger partial charge in [-0.25, -0.2) is 4.79 Å². The Kier molecular flexibility index (Phi) is 8.54. The van der Waals surface area contributed by atoms with Gasteiger partial charge in [0.15, 0.2) is 0 Å². The summed E-state index contributed by atoms with van der Waals surface area (Å²) in [5.41, 5.74) is 3.49. The summed E-state index contributed by atoms with van der Waals surface area (Å²) >= 11 is 0. The molecule has 0 aliphatic heterocycles. The van der Waals surface area contributed by atoms with Crippen molar-refractivity contribution in [1.29, 1.82) is 0 Å². The fraction of sp³-hybridized carbons (Fsp3) is 0.219. The third-order valence-corrected chi connectivity index (χ3v) is 6.65. The number of rotatable bonds is 11. The van der Waals surface area contributed by atoms with Crippen LogP contribution < -0.4 is 5.32 Å². The number of benzene rings is 4. The first-order chi connectivity index (χ1) is 18.3. The van der Waals surface area contributed by atoms with E-state index in [1.165, 1.54) is 12.1 Å². The van der Waals surface area contributed by atoms with E-state index in [1.54, 1.807) is 12.1 Å². The first kappa shape index (κ1) is 26.6. The highest BCUT2D eigenvalue weighted by Crippen LogP contribution is 2.20. The second-order valence-corrected chi connectivity index (χ2v) is 9.76. The fourth-order valence-corrected chi connectivity index (χ4v) is 4.55. The standard InChI is InChI=1S/C32H31NO5/c1-21-6-8-23(9-7-21)19-30(32(37)38)33-31(36)27(16-22-11-14-28(34)15-12-22)20-29(35)18-24-10-13-25-4-2-3-5-26(25)17-24/h2-15,17,27,30,34H,16,18-20H2,1H3,(H,33,36)(H,37,38)/t27-,30+/m1/s1. The summed E-state index contributed by atoms with van der Waals surface area (Å²) in [5.74, 6) is -2.38. The molecule has 38 heavy (non-hydrogen) atoms. The maximum absolute atomic E-state index is 13.4. The highest BCUT2D eigenvalue weighted by molar-refractivity contribution is 5.91. The molecule has 0 heterocycles. The van der Waals surface area contributed by atoms with Gasteiger partial charge < -0.3 is 15.5 Å². The van der Waals surface area contributed by atoms with Gasteiger partial charge in [-0.1, -0.05) is 84.4 Å². The SMILES string of the molecule is Cc1ccc(C[C@H](NC(=O)[C@@H](CC(=O)Cc2ccc3ccccc3c2)Cc2ccc(O)cc2)C(=O)O)cc1. The number of aryl methyl sites for hydroxylation is 1. The van der Waals surface area contributed by atoms with Crippen LogP contribution in [0.4, 0.5) is 0 Å². The number of ketones is 1. The maximum atomic E-state index is 13.4. The molecule has 0 bridgehead atoms. The first-order valence-corrected chi connectivity index (χ1v) is 12.6. The molecule has 0 spiro atoms. The third kappa shape index (κ3) is 7.29. The summed E-state index contributed by atoms with van der Waals surface area (Å²) in [5, 5.41) is 24.2. The minimum atomic E-state index is -1.13. The maximum Gasteiger partial charge on any atom is 0.326 e. The molecule has 3 N–H and O–H groups in total.